The van der Waals surface area contributed by atoms with E-state index in [4.69, 9.17) is 21.1 Å². The minimum Gasteiger partial charge on any atom is -0.491 e. The van der Waals surface area contributed by atoms with E-state index in [1.165, 1.54) is 0 Å². The Balaban J connectivity index is 1.17. The van der Waals surface area contributed by atoms with Crippen LogP contribution in [0.5, 0.6) is 11.5 Å². The monoisotopic (exact) mass is 456 g/mol. The lowest BCUT2D eigenvalue weighted by molar-refractivity contribution is -0.121. The molecule has 0 bridgehead atoms. The Morgan fingerprint density at radius 1 is 1.16 bits per heavy atom. The molecule has 0 fully saturated rings. The van der Waals surface area contributed by atoms with Gasteiger partial charge in [0.2, 0.25) is 5.91 Å². The number of aromatic amines is 1. The van der Waals surface area contributed by atoms with Crippen LogP contribution in [0.3, 0.4) is 0 Å². The van der Waals surface area contributed by atoms with Gasteiger partial charge in [-0.05, 0) is 42.0 Å². The van der Waals surface area contributed by atoms with Gasteiger partial charge in [-0.15, -0.1) is 0 Å². The van der Waals surface area contributed by atoms with Crippen molar-refractivity contribution in [2.75, 3.05) is 26.3 Å². The number of carbonyl (C=O) groups is 1. The van der Waals surface area contributed by atoms with Crippen LogP contribution in [-0.4, -0.2) is 54.1 Å². The highest BCUT2D eigenvalue weighted by Crippen LogP contribution is 2.27. The molecule has 9 heteroatoms. The summed E-state index contributed by atoms with van der Waals surface area (Å²) in [6, 6.07) is 13.2. The van der Waals surface area contributed by atoms with Crippen molar-refractivity contribution in [3.8, 4) is 11.5 Å². The van der Waals surface area contributed by atoms with Crippen LogP contribution in [0.1, 0.15) is 18.4 Å². The fourth-order valence-electron chi connectivity index (χ4n) is 3.41. The number of nitrogens with one attached hydrogen (secondary N) is 3. The molecule has 0 radical (unpaired) electrons. The second-order valence-corrected chi connectivity index (χ2v) is 7.86. The predicted octanol–water partition coefficient (Wildman–Crippen LogP) is 2.84. The molecule has 8 nitrogen and oxygen atoms in total. The molecule has 2 heterocycles. The van der Waals surface area contributed by atoms with Crippen molar-refractivity contribution in [1.82, 2.24) is 15.7 Å². The van der Waals surface area contributed by atoms with Crippen LogP contribution in [-0.2, 0) is 4.79 Å². The first kappa shape index (κ1) is 22.1. The molecule has 168 valence electrons. The number of hydrazone groups is 1. The quantitative estimate of drug-likeness (QED) is 0.351. The number of aliphatic hydroxyl groups excluding tert-OH is 1. The fourth-order valence-corrected chi connectivity index (χ4v) is 3.64. The Bertz CT molecular complexity index is 1110. The van der Waals surface area contributed by atoms with Gasteiger partial charge in [-0.25, -0.2) is 5.43 Å². The first-order chi connectivity index (χ1) is 15.6. The van der Waals surface area contributed by atoms with E-state index < -0.39 is 6.10 Å². The van der Waals surface area contributed by atoms with Gasteiger partial charge >= 0.3 is 0 Å². The van der Waals surface area contributed by atoms with E-state index >= 15 is 0 Å². The van der Waals surface area contributed by atoms with E-state index in [2.05, 4.69) is 20.8 Å². The number of benzene rings is 2. The minimum absolute atomic E-state index is 0.0815. The number of rotatable bonds is 10. The average molecular weight is 457 g/mol. The Kier molecular flexibility index (Phi) is 7.26. The second kappa shape index (κ2) is 10.5. The van der Waals surface area contributed by atoms with E-state index in [9.17, 15) is 9.90 Å². The number of halogens is 1. The summed E-state index contributed by atoms with van der Waals surface area (Å²) in [5.41, 5.74) is 5.14. The van der Waals surface area contributed by atoms with E-state index in [0.717, 1.165) is 27.9 Å². The third-order valence-electron chi connectivity index (χ3n) is 5.07. The number of amides is 1. The number of aromatic nitrogens is 1. The van der Waals surface area contributed by atoms with Crippen molar-refractivity contribution in [3.63, 3.8) is 0 Å². The molecule has 0 saturated heterocycles. The van der Waals surface area contributed by atoms with Crippen molar-refractivity contribution in [1.29, 1.82) is 0 Å². The lowest BCUT2D eigenvalue weighted by Crippen LogP contribution is -2.33. The molecular weight excluding hydrogens is 432 g/mol. The van der Waals surface area contributed by atoms with Crippen LogP contribution in [0.15, 0.2) is 53.8 Å². The summed E-state index contributed by atoms with van der Waals surface area (Å²) in [5, 5.41) is 18.9. The Hall–Kier alpha value is -3.07. The highest BCUT2D eigenvalue weighted by atomic mass is 35.5. The van der Waals surface area contributed by atoms with Gasteiger partial charge in [0.1, 0.15) is 30.8 Å². The molecule has 0 saturated carbocycles. The second-order valence-electron chi connectivity index (χ2n) is 7.45. The van der Waals surface area contributed by atoms with Crippen LogP contribution in [0.4, 0.5) is 0 Å². The van der Waals surface area contributed by atoms with E-state index in [1.54, 1.807) is 12.1 Å². The predicted molar refractivity (Wildman–Crippen MR) is 124 cm³/mol. The number of hydrogen-bond acceptors (Lipinski definition) is 6. The minimum atomic E-state index is -0.649. The topological polar surface area (TPSA) is 108 Å². The zero-order valence-electron chi connectivity index (χ0n) is 17.4. The molecule has 0 aliphatic carbocycles. The van der Waals surface area contributed by atoms with Crippen LogP contribution < -0.4 is 20.2 Å². The highest BCUT2D eigenvalue weighted by molar-refractivity contribution is 6.32. The van der Waals surface area contributed by atoms with Gasteiger partial charge in [-0.3, -0.25) is 4.79 Å². The Morgan fingerprint density at radius 3 is 2.88 bits per heavy atom. The first-order valence-corrected chi connectivity index (χ1v) is 10.8. The number of hydrogen-bond donors (Lipinski definition) is 4. The van der Waals surface area contributed by atoms with Crippen LogP contribution >= 0.6 is 11.6 Å². The van der Waals surface area contributed by atoms with Gasteiger partial charge in [0.25, 0.3) is 0 Å². The molecule has 1 amide bonds. The van der Waals surface area contributed by atoms with Crippen LogP contribution in [0.25, 0.3) is 10.9 Å². The maximum Gasteiger partial charge on any atom is 0.240 e. The zero-order valence-corrected chi connectivity index (χ0v) is 18.2. The lowest BCUT2D eigenvalue weighted by atomic mass is 10.0. The van der Waals surface area contributed by atoms with E-state index in [-0.39, 0.29) is 12.5 Å². The smallest absolute Gasteiger partial charge is 0.240 e. The van der Waals surface area contributed by atoms with Gasteiger partial charge in [0, 0.05) is 43.0 Å². The van der Waals surface area contributed by atoms with E-state index in [1.807, 2.05) is 36.5 Å². The zero-order chi connectivity index (χ0) is 22.3. The van der Waals surface area contributed by atoms with Gasteiger partial charge in [-0.1, -0.05) is 17.7 Å². The number of ether oxygens (including phenoxy) is 2. The Morgan fingerprint density at radius 2 is 2.06 bits per heavy atom. The standard InChI is InChI=1S/C23H25ClN4O4/c24-18-12-15(19-5-7-23(30)28-27-19)4-6-22(18)31-11-10-25-13-16(29)14-32-21-3-1-2-20-17(21)8-9-26-20/h1-4,6,8-9,12,16,25-26,29H,5,7,10-11,13-14H2,(H,28,30). The number of carbonyl (C=O) groups excluding carboxylic acids is 1. The summed E-state index contributed by atoms with van der Waals surface area (Å²) in [6.07, 6.45) is 2.21. The molecule has 32 heavy (non-hydrogen) atoms. The fraction of sp³-hybridized carbons (Fsp3) is 0.304. The largest absolute Gasteiger partial charge is 0.491 e. The molecule has 4 rings (SSSR count). The lowest BCUT2D eigenvalue weighted by Gasteiger charge is -2.15. The van der Waals surface area contributed by atoms with Gasteiger partial charge < -0.3 is 24.9 Å². The Labute approximate surface area is 190 Å². The average Bonchev–Trinajstić information content (AvgIpc) is 3.28. The normalized spacial score (nSPS) is 14.7. The van der Waals surface area contributed by atoms with Crippen molar-refractivity contribution in [2.24, 2.45) is 5.10 Å². The van der Waals surface area contributed by atoms with Crippen molar-refractivity contribution in [3.05, 3.63) is 59.2 Å². The van der Waals surface area contributed by atoms with Gasteiger partial charge in [0.05, 0.1) is 10.7 Å². The summed E-state index contributed by atoms with van der Waals surface area (Å²) in [4.78, 5) is 14.4. The highest BCUT2D eigenvalue weighted by Gasteiger charge is 2.15. The maximum absolute atomic E-state index is 11.2. The molecule has 1 atom stereocenters. The van der Waals surface area contributed by atoms with E-state index in [0.29, 0.717) is 43.3 Å². The van der Waals surface area contributed by atoms with Crippen molar-refractivity contribution >= 4 is 34.1 Å². The number of H-pyrrole nitrogens is 1. The van der Waals surface area contributed by atoms with Crippen molar-refractivity contribution in [2.45, 2.75) is 18.9 Å². The molecule has 1 unspecified atom stereocenters. The molecular formula is C23H25ClN4O4. The number of nitrogens with zero attached hydrogens (tertiary/aromatic N) is 1. The number of fused-ring (bicyclic) bond motifs is 1. The third kappa shape index (κ3) is 5.59. The van der Waals surface area contributed by atoms with Crippen molar-refractivity contribution < 1.29 is 19.4 Å². The SMILES string of the molecule is O=C1CCC(c2ccc(OCCNCC(O)COc3cccc4[nH]ccc34)c(Cl)c2)=NN1. The summed E-state index contributed by atoms with van der Waals surface area (Å²) in [5.74, 6) is 1.23. The first-order valence-electron chi connectivity index (χ1n) is 10.5. The molecule has 1 aromatic heterocycles. The number of aliphatic hydroxyl groups is 1. The van der Waals surface area contributed by atoms with Crippen LogP contribution in [0, 0.1) is 0 Å². The maximum atomic E-state index is 11.2. The van der Waals surface area contributed by atoms with Gasteiger partial charge in [0.15, 0.2) is 0 Å². The molecule has 1 aliphatic heterocycles. The van der Waals surface area contributed by atoms with Gasteiger partial charge in [-0.2, -0.15) is 5.10 Å². The molecule has 2 aromatic carbocycles. The molecule has 3 aromatic rings. The summed E-state index contributed by atoms with van der Waals surface area (Å²) in [7, 11) is 0. The third-order valence-corrected chi connectivity index (χ3v) is 5.37. The summed E-state index contributed by atoms with van der Waals surface area (Å²) in [6.45, 7) is 1.51. The summed E-state index contributed by atoms with van der Waals surface area (Å²) < 4.78 is 11.5. The molecule has 0 spiro atoms. The van der Waals surface area contributed by atoms with Crippen LogP contribution in [0.2, 0.25) is 5.02 Å². The summed E-state index contributed by atoms with van der Waals surface area (Å²) >= 11 is 6.33. The molecule has 4 N–H and O–H groups in total. The molecule has 1 aliphatic rings.